The fourth-order valence-electron chi connectivity index (χ4n) is 3.60. The number of hydrogen-bond acceptors (Lipinski definition) is 4. The number of unbranched alkanes of at least 4 members (excludes halogenated alkanes) is 12. The van der Waals surface area contributed by atoms with Gasteiger partial charge in [-0.1, -0.05) is 105 Å². The molecule has 0 aromatic carbocycles. The number of carbonyl (C=O) groups excluding carboxylic acids is 2. The number of hydrogen-bond donors (Lipinski definition) is 0. The van der Waals surface area contributed by atoms with Crippen molar-refractivity contribution in [2.24, 2.45) is 5.92 Å². The summed E-state index contributed by atoms with van der Waals surface area (Å²) in [6.07, 6.45) is 16.7. The summed E-state index contributed by atoms with van der Waals surface area (Å²) in [5.74, 6) is -0.355. The van der Waals surface area contributed by atoms with Crippen LogP contribution < -0.4 is 0 Å². The summed E-state index contributed by atoms with van der Waals surface area (Å²) < 4.78 is 10.7. The Labute approximate surface area is 186 Å². The minimum Gasteiger partial charge on any atom is -0.464 e. The zero-order valence-corrected chi connectivity index (χ0v) is 20.5. The third kappa shape index (κ3) is 14.7. The molecular weight excluding hydrogens is 378 g/mol. The molecule has 0 aliphatic carbocycles. The Morgan fingerprint density at radius 1 is 0.667 bits per heavy atom. The number of carbonyl (C=O) groups is 2. The van der Waals surface area contributed by atoms with Gasteiger partial charge in [-0.2, -0.15) is 0 Å². The second-order valence-corrected chi connectivity index (χ2v) is 8.82. The molecule has 5 nitrogen and oxygen atoms in total. The third-order valence-corrected chi connectivity index (χ3v) is 5.54. The summed E-state index contributed by atoms with van der Waals surface area (Å²) >= 11 is 0. The van der Waals surface area contributed by atoms with Crippen molar-refractivity contribution in [1.82, 2.24) is 4.90 Å². The predicted molar refractivity (Wildman–Crippen MR) is 125 cm³/mol. The van der Waals surface area contributed by atoms with E-state index in [4.69, 9.17) is 9.47 Å². The van der Waals surface area contributed by atoms with Gasteiger partial charge in [0.25, 0.3) is 0 Å². The number of ether oxygens (including phenoxy) is 2. The van der Waals surface area contributed by atoms with E-state index in [9.17, 15) is 9.59 Å². The monoisotopic (exact) mass is 427 g/mol. The molecule has 1 atom stereocenters. The van der Waals surface area contributed by atoms with Crippen molar-refractivity contribution < 1.29 is 19.1 Å². The minimum absolute atomic E-state index is 0.0248. The molecule has 0 bridgehead atoms. The number of nitrogens with zero attached hydrogens (tertiary/aromatic N) is 1. The van der Waals surface area contributed by atoms with E-state index in [0.29, 0.717) is 13.2 Å². The number of rotatable bonds is 19. The highest BCUT2D eigenvalue weighted by Gasteiger charge is 2.32. The molecule has 0 heterocycles. The highest BCUT2D eigenvalue weighted by molar-refractivity contribution is 5.81. The first-order valence-corrected chi connectivity index (χ1v) is 12.5. The van der Waals surface area contributed by atoms with E-state index in [-0.39, 0.29) is 11.9 Å². The second kappa shape index (κ2) is 19.7. The Bertz CT molecular complexity index is 425. The lowest BCUT2D eigenvalue weighted by atomic mass is 10.0. The van der Waals surface area contributed by atoms with E-state index >= 15 is 0 Å². The van der Waals surface area contributed by atoms with Crippen molar-refractivity contribution in [1.29, 1.82) is 0 Å². The minimum atomic E-state index is -0.601. The lowest BCUT2D eigenvalue weighted by Crippen LogP contribution is -2.46. The normalized spacial score (nSPS) is 12.1. The third-order valence-electron chi connectivity index (χ3n) is 5.54. The first kappa shape index (κ1) is 28.7. The van der Waals surface area contributed by atoms with Gasteiger partial charge in [0.1, 0.15) is 6.04 Å². The topological polar surface area (TPSA) is 55.8 Å². The summed E-state index contributed by atoms with van der Waals surface area (Å²) in [5.41, 5.74) is 0. The number of esters is 1. The van der Waals surface area contributed by atoms with E-state index in [2.05, 4.69) is 6.92 Å². The average molecular weight is 428 g/mol. The summed E-state index contributed by atoms with van der Waals surface area (Å²) in [5, 5.41) is 0. The van der Waals surface area contributed by atoms with Crippen LogP contribution >= 0.6 is 0 Å². The first-order valence-electron chi connectivity index (χ1n) is 12.5. The van der Waals surface area contributed by atoms with Gasteiger partial charge >= 0.3 is 12.1 Å². The molecule has 0 radical (unpaired) electrons. The SMILES string of the molecule is CCCCCCCCCCCCCCOC(=O)C(C(C)C)N(C)C(=O)OCCCC. The van der Waals surface area contributed by atoms with E-state index in [0.717, 1.165) is 25.7 Å². The Balaban J connectivity index is 3.86. The maximum Gasteiger partial charge on any atom is 0.410 e. The lowest BCUT2D eigenvalue weighted by Gasteiger charge is -2.28. The Morgan fingerprint density at radius 3 is 1.57 bits per heavy atom. The van der Waals surface area contributed by atoms with Crippen molar-refractivity contribution in [3.63, 3.8) is 0 Å². The van der Waals surface area contributed by atoms with Crippen LogP contribution in [0.4, 0.5) is 4.79 Å². The molecule has 178 valence electrons. The van der Waals surface area contributed by atoms with Crippen molar-refractivity contribution in [3.8, 4) is 0 Å². The molecule has 0 N–H and O–H groups in total. The van der Waals surface area contributed by atoms with Crippen LogP contribution in [0.2, 0.25) is 0 Å². The Morgan fingerprint density at radius 2 is 1.10 bits per heavy atom. The maximum atomic E-state index is 12.5. The quantitative estimate of drug-likeness (QED) is 0.163. The van der Waals surface area contributed by atoms with Gasteiger partial charge < -0.3 is 9.47 Å². The predicted octanol–water partition coefficient (Wildman–Crippen LogP) is 7.12. The van der Waals surface area contributed by atoms with E-state index in [1.54, 1.807) is 7.05 Å². The summed E-state index contributed by atoms with van der Waals surface area (Å²) in [6.45, 7) is 8.96. The van der Waals surface area contributed by atoms with Gasteiger partial charge in [-0.15, -0.1) is 0 Å². The molecule has 0 aliphatic rings. The lowest BCUT2D eigenvalue weighted by molar-refractivity contribution is -0.150. The highest BCUT2D eigenvalue weighted by atomic mass is 16.6. The van der Waals surface area contributed by atoms with Crippen LogP contribution in [0.3, 0.4) is 0 Å². The molecule has 0 aromatic heterocycles. The molecular formula is C25H49NO4. The van der Waals surface area contributed by atoms with Crippen LogP contribution in [0.5, 0.6) is 0 Å². The molecule has 1 amide bonds. The molecule has 5 heteroatoms. The average Bonchev–Trinajstić information content (AvgIpc) is 2.71. The van der Waals surface area contributed by atoms with E-state index < -0.39 is 12.1 Å². The van der Waals surface area contributed by atoms with Crippen molar-refractivity contribution in [2.75, 3.05) is 20.3 Å². The van der Waals surface area contributed by atoms with Crippen molar-refractivity contribution in [2.45, 2.75) is 124 Å². The molecule has 0 spiro atoms. The molecule has 1 unspecified atom stereocenters. The Hall–Kier alpha value is -1.26. The second-order valence-electron chi connectivity index (χ2n) is 8.82. The zero-order chi connectivity index (χ0) is 22.6. The fraction of sp³-hybridized carbons (Fsp3) is 0.920. The summed E-state index contributed by atoms with van der Waals surface area (Å²) in [7, 11) is 1.62. The van der Waals surface area contributed by atoms with Crippen LogP contribution in [0.25, 0.3) is 0 Å². The van der Waals surface area contributed by atoms with Crippen LogP contribution in [-0.4, -0.2) is 43.3 Å². The van der Waals surface area contributed by atoms with Gasteiger partial charge in [-0.05, 0) is 18.8 Å². The van der Waals surface area contributed by atoms with Gasteiger partial charge in [0, 0.05) is 7.05 Å². The maximum absolute atomic E-state index is 12.5. The molecule has 0 aliphatic heterocycles. The summed E-state index contributed by atoms with van der Waals surface area (Å²) in [4.78, 5) is 26.0. The Kier molecular flexibility index (Phi) is 18.9. The molecule has 0 fully saturated rings. The highest BCUT2D eigenvalue weighted by Crippen LogP contribution is 2.14. The summed E-state index contributed by atoms with van der Waals surface area (Å²) in [6, 6.07) is -0.601. The van der Waals surface area contributed by atoms with Gasteiger partial charge in [0.05, 0.1) is 13.2 Å². The van der Waals surface area contributed by atoms with Gasteiger partial charge in [0.2, 0.25) is 0 Å². The van der Waals surface area contributed by atoms with Crippen molar-refractivity contribution >= 4 is 12.1 Å². The molecule has 0 saturated carbocycles. The number of amides is 1. The first-order chi connectivity index (χ1) is 14.5. The van der Waals surface area contributed by atoms with Gasteiger partial charge in [0.15, 0.2) is 0 Å². The zero-order valence-electron chi connectivity index (χ0n) is 20.5. The van der Waals surface area contributed by atoms with Gasteiger partial charge in [-0.3, -0.25) is 4.90 Å². The van der Waals surface area contributed by atoms with Crippen LogP contribution in [0.1, 0.15) is 118 Å². The molecule has 30 heavy (non-hydrogen) atoms. The van der Waals surface area contributed by atoms with Crippen LogP contribution in [0, 0.1) is 5.92 Å². The van der Waals surface area contributed by atoms with Crippen LogP contribution in [-0.2, 0) is 14.3 Å². The molecule has 0 rings (SSSR count). The van der Waals surface area contributed by atoms with Crippen molar-refractivity contribution in [3.05, 3.63) is 0 Å². The molecule has 0 aromatic rings. The molecule has 0 saturated heterocycles. The largest absolute Gasteiger partial charge is 0.464 e. The van der Waals surface area contributed by atoms with Gasteiger partial charge in [-0.25, -0.2) is 9.59 Å². The fourth-order valence-corrected chi connectivity index (χ4v) is 3.60. The smallest absolute Gasteiger partial charge is 0.410 e. The van der Waals surface area contributed by atoms with E-state index in [1.165, 1.54) is 69.1 Å². The van der Waals surface area contributed by atoms with E-state index in [1.807, 2.05) is 20.8 Å². The number of likely N-dealkylation sites (N-methyl/N-ethyl adjacent to an activating group) is 1. The van der Waals surface area contributed by atoms with Crippen LogP contribution in [0.15, 0.2) is 0 Å². The standard InChI is InChI=1S/C25H49NO4/c1-6-8-10-11-12-13-14-15-16-17-18-19-21-29-24(27)23(22(3)4)26(5)25(28)30-20-9-7-2/h22-23H,6-21H2,1-5H3.